The van der Waals surface area contributed by atoms with Gasteiger partial charge in [-0.2, -0.15) is 0 Å². The zero-order valence-corrected chi connectivity index (χ0v) is 15.6. The Balaban J connectivity index is 1.45. The maximum absolute atomic E-state index is 12.6. The minimum Gasteiger partial charge on any atom is -0.441 e. The molecule has 1 aliphatic rings. The van der Waals surface area contributed by atoms with Gasteiger partial charge < -0.3 is 14.6 Å². The number of hydrogen-bond acceptors (Lipinski definition) is 4. The maximum atomic E-state index is 12.6. The predicted octanol–water partition coefficient (Wildman–Crippen LogP) is 3.71. The van der Waals surface area contributed by atoms with Crippen LogP contribution in [0.3, 0.4) is 0 Å². The van der Waals surface area contributed by atoms with E-state index >= 15 is 0 Å². The minimum atomic E-state index is -0.286. The molecule has 1 fully saturated rings. The van der Waals surface area contributed by atoms with E-state index in [2.05, 4.69) is 10.3 Å². The third-order valence-electron chi connectivity index (χ3n) is 4.78. The van der Waals surface area contributed by atoms with Gasteiger partial charge in [0.15, 0.2) is 5.69 Å². The van der Waals surface area contributed by atoms with Crippen LogP contribution in [0.4, 0.5) is 5.69 Å². The zero-order valence-electron chi connectivity index (χ0n) is 15.6. The minimum absolute atomic E-state index is 0.146. The Hall–Kier alpha value is -3.41. The van der Waals surface area contributed by atoms with Crippen molar-refractivity contribution in [2.45, 2.75) is 26.3 Å². The van der Waals surface area contributed by atoms with Crippen molar-refractivity contribution in [3.63, 3.8) is 0 Å². The Morgan fingerprint density at radius 2 is 2.00 bits per heavy atom. The van der Waals surface area contributed by atoms with E-state index in [4.69, 9.17) is 4.42 Å². The van der Waals surface area contributed by atoms with E-state index in [1.54, 1.807) is 11.8 Å². The summed E-state index contributed by atoms with van der Waals surface area (Å²) in [5, 5.41) is 2.89. The molecule has 0 radical (unpaired) electrons. The van der Waals surface area contributed by atoms with Gasteiger partial charge >= 0.3 is 0 Å². The van der Waals surface area contributed by atoms with Crippen molar-refractivity contribution in [3.8, 4) is 11.5 Å². The molecule has 28 heavy (non-hydrogen) atoms. The molecule has 142 valence electrons. The van der Waals surface area contributed by atoms with Crippen LogP contribution in [-0.2, 0) is 11.3 Å². The van der Waals surface area contributed by atoms with Gasteiger partial charge in [-0.25, -0.2) is 4.98 Å². The van der Waals surface area contributed by atoms with Gasteiger partial charge in [0.2, 0.25) is 11.8 Å². The largest absolute Gasteiger partial charge is 0.441 e. The van der Waals surface area contributed by atoms with Gasteiger partial charge in [-0.05, 0) is 43.2 Å². The fourth-order valence-corrected chi connectivity index (χ4v) is 3.33. The number of carbonyl (C=O) groups excluding carboxylic acids is 2. The second-order valence-electron chi connectivity index (χ2n) is 6.79. The first kappa shape index (κ1) is 18.0. The first-order chi connectivity index (χ1) is 13.6. The number of hydrogen-bond donors (Lipinski definition) is 1. The lowest BCUT2D eigenvalue weighted by Crippen LogP contribution is -2.25. The number of rotatable bonds is 5. The van der Waals surface area contributed by atoms with Crippen molar-refractivity contribution in [2.24, 2.45) is 0 Å². The molecule has 0 unspecified atom stereocenters. The summed E-state index contributed by atoms with van der Waals surface area (Å²) in [5.41, 5.74) is 2.91. The highest BCUT2D eigenvalue weighted by atomic mass is 16.4. The number of aryl methyl sites for hydroxylation is 1. The van der Waals surface area contributed by atoms with Crippen LogP contribution in [0.5, 0.6) is 0 Å². The Morgan fingerprint density at radius 1 is 1.18 bits per heavy atom. The number of anilines is 1. The van der Waals surface area contributed by atoms with Crippen LogP contribution in [-0.4, -0.2) is 23.3 Å². The summed E-state index contributed by atoms with van der Waals surface area (Å²) >= 11 is 0. The molecule has 2 amide bonds. The van der Waals surface area contributed by atoms with Gasteiger partial charge in [0.25, 0.3) is 5.91 Å². The van der Waals surface area contributed by atoms with Gasteiger partial charge in [0.1, 0.15) is 5.76 Å². The lowest BCUT2D eigenvalue weighted by molar-refractivity contribution is -0.117. The average molecular weight is 375 g/mol. The van der Waals surface area contributed by atoms with Crippen LogP contribution < -0.4 is 10.2 Å². The van der Waals surface area contributed by atoms with Crippen molar-refractivity contribution < 1.29 is 14.0 Å². The lowest BCUT2D eigenvalue weighted by Gasteiger charge is -2.16. The molecular formula is C22H21N3O3. The topological polar surface area (TPSA) is 75.4 Å². The quantitative estimate of drug-likeness (QED) is 0.738. The molecule has 0 saturated carbocycles. The van der Waals surface area contributed by atoms with Crippen LogP contribution in [0.15, 0.2) is 59.0 Å². The molecule has 0 spiro atoms. The highest BCUT2D eigenvalue weighted by molar-refractivity contribution is 5.95. The third-order valence-corrected chi connectivity index (χ3v) is 4.78. The Kier molecular flexibility index (Phi) is 4.93. The first-order valence-electron chi connectivity index (χ1n) is 9.32. The molecule has 2 heterocycles. The second kappa shape index (κ2) is 7.68. The van der Waals surface area contributed by atoms with E-state index in [0.29, 0.717) is 24.6 Å². The molecule has 0 aliphatic carbocycles. The SMILES string of the molecule is Cc1oc(-c2ccccc2)nc1C(=O)NCc1cccc(N2CCCC2=O)c1. The molecule has 6 nitrogen and oxygen atoms in total. The summed E-state index contributed by atoms with van der Waals surface area (Å²) in [7, 11) is 0. The van der Waals surface area contributed by atoms with E-state index in [1.807, 2.05) is 54.6 Å². The monoisotopic (exact) mass is 375 g/mol. The van der Waals surface area contributed by atoms with E-state index in [9.17, 15) is 9.59 Å². The number of carbonyl (C=O) groups is 2. The van der Waals surface area contributed by atoms with Gasteiger partial charge in [-0.1, -0.05) is 30.3 Å². The number of aromatic nitrogens is 1. The molecule has 1 N–H and O–H groups in total. The number of oxazole rings is 1. The summed E-state index contributed by atoms with van der Waals surface area (Å²) in [5.74, 6) is 0.768. The van der Waals surface area contributed by atoms with E-state index < -0.39 is 0 Å². The van der Waals surface area contributed by atoms with Crippen LogP contribution >= 0.6 is 0 Å². The number of amides is 2. The predicted molar refractivity (Wildman–Crippen MR) is 106 cm³/mol. The number of nitrogens with one attached hydrogen (secondary N) is 1. The second-order valence-corrected chi connectivity index (χ2v) is 6.79. The molecule has 4 rings (SSSR count). The fourth-order valence-electron chi connectivity index (χ4n) is 3.33. The smallest absolute Gasteiger partial charge is 0.273 e. The zero-order chi connectivity index (χ0) is 19.5. The van der Waals surface area contributed by atoms with Crippen LogP contribution in [0, 0.1) is 6.92 Å². The van der Waals surface area contributed by atoms with Gasteiger partial charge in [0, 0.05) is 30.8 Å². The Morgan fingerprint density at radius 3 is 2.75 bits per heavy atom. The van der Waals surface area contributed by atoms with E-state index in [0.717, 1.165) is 29.8 Å². The standard InChI is InChI=1S/C22H21N3O3/c1-15-20(24-22(28-15)17-8-3-2-4-9-17)21(27)23-14-16-7-5-10-18(13-16)25-12-6-11-19(25)26/h2-5,7-10,13H,6,11-12,14H2,1H3,(H,23,27). The number of benzene rings is 2. The van der Waals surface area contributed by atoms with E-state index in [-0.39, 0.29) is 17.5 Å². The Labute approximate surface area is 163 Å². The third kappa shape index (κ3) is 3.67. The average Bonchev–Trinajstić information content (AvgIpc) is 3.33. The molecule has 6 heteroatoms. The normalized spacial score (nSPS) is 13.8. The molecule has 1 aromatic heterocycles. The maximum Gasteiger partial charge on any atom is 0.273 e. The van der Waals surface area contributed by atoms with Crippen molar-refractivity contribution in [3.05, 3.63) is 71.6 Å². The molecular weight excluding hydrogens is 354 g/mol. The molecule has 2 aromatic carbocycles. The lowest BCUT2D eigenvalue weighted by atomic mass is 10.2. The summed E-state index contributed by atoms with van der Waals surface area (Å²) < 4.78 is 5.66. The van der Waals surface area contributed by atoms with Crippen LogP contribution in [0.25, 0.3) is 11.5 Å². The van der Waals surface area contributed by atoms with Crippen molar-refractivity contribution in [2.75, 3.05) is 11.4 Å². The highest BCUT2D eigenvalue weighted by Crippen LogP contribution is 2.23. The first-order valence-corrected chi connectivity index (χ1v) is 9.32. The van der Waals surface area contributed by atoms with Gasteiger partial charge in [-0.3, -0.25) is 9.59 Å². The molecule has 3 aromatic rings. The molecule has 1 saturated heterocycles. The summed E-state index contributed by atoms with van der Waals surface area (Å²) in [4.78, 5) is 30.7. The van der Waals surface area contributed by atoms with Gasteiger partial charge in [-0.15, -0.1) is 0 Å². The summed E-state index contributed by atoms with van der Waals surface area (Å²) in [6, 6.07) is 17.2. The van der Waals surface area contributed by atoms with Crippen LogP contribution in [0.1, 0.15) is 34.7 Å². The molecule has 0 atom stereocenters. The number of nitrogens with zero attached hydrogens (tertiary/aromatic N) is 2. The van der Waals surface area contributed by atoms with Crippen LogP contribution in [0.2, 0.25) is 0 Å². The summed E-state index contributed by atoms with van der Waals surface area (Å²) in [6.45, 7) is 2.82. The van der Waals surface area contributed by atoms with Crippen molar-refractivity contribution in [1.29, 1.82) is 0 Å². The van der Waals surface area contributed by atoms with E-state index in [1.165, 1.54) is 0 Å². The molecule has 1 aliphatic heterocycles. The molecule has 0 bridgehead atoms. The highest BCUT2D eigenvalue weighted by Gasteiger charge is 2.22. The Bertz CT molecular complexity index is 1010. The van der Waals surface area contributed by atoms with Crippen molar-refractivity contribution >= 4 is 17.5 Å². The van der Waals surface area contributed by atoms with Crippen molar-refractivity contribution in [1.82, 2.24) is 10.3 Å². The fraction of sp³-hybridized carbons (Fsp3) is 0.227. The van der Waals surface area contributed by atoms with Gasteiger partial charge in [0.05, 0.1) is 0 Å². The summed E-state index contributed by atoms with van der Waals surface area (Å²) in [6.07, 6.45) is 1.48.